The van der Waals surface area contributed by atoms with Gasteiger partial charge in [0, 0.05) is 19.4 Å². The molecule has 0 radical (unpaired) electrons. The van der Waals surface area contributed by atoms with Gasteiger partial charge in [-0.05, 0) is 96.3 Å². The van der Waals surface area contributed by atoms with Crippen molar-refractivity contribution in [3.8, 4) is 0 Å². The maximum atomic E-state index is 12.8. The van der Waals surface area contributed by atoms with Crippen LogP contribution < -0.4 is 5.73 Å². The SMILES string of the molecule is CC/C=C\C/C=C\C/C=C\C/C=C\C/C=C\CCCCCCCCCCCCCCCCCCCC(=O)OC(COC(=O)CCCCCCCCCCCCCCCCCCCCCCCCCCCC/C=C\C/C=C\C/C=C\CCCCCCC)COP(=O)(O)OCCN. The van der Waals surface area contributed by atoms with Gasteiger partial charge in [-0.25, -0.2) is 4.57 Å². The van der Waals surface area contributed by atoms with Crippen LogP contribution >= 0.6 is 7.82 Å². The van der Waals surface area contributed by atoms with E-state index in [2.05, 4.69) is 111 Å². The summed E-state index contributed by atoms with van der Waals surface area (Å²) in [7, 11) is -4.40. The van der Waals surface area contributed by atoms with E-state index in [1.165, 1.54) is 283 Å². The number of ether oxygens (including phenoxy) is 2. The second-order valence-electron chi connectivity index (χ2n) is 27.3. The Morgan fingerprint density at radius 2 is 0.579 bits per heavy atom. The van der Waals surface area contributed by atoms with Gasteiger partial charge in [0.2, 0.25) is 0 Å². The molecule has 3 N–H and O–H groups in total. The largest absolute Gasteiger partial charge is 0.472 e. The highest BCUT2D eigenvalue weighted by Crippen LogP contribution is 2.43. The fourth-order valence-corrected chi connectivity index (χ4v) is 12.7. The summed E-state index contributed by atoms with van der Waals surface area (Å²) in [5.41, 5.74) is 5.42. The molecule has 10 heteroatoms. The van der Waals surface area contributed by atoms with E-state index < -0.39 is 26.5 Å². The normalized spacial score (nSPS) is 13.3. The lowest BCUT2D eigenvalue weighted by Crippen LogP contribution is -2.29. The highest BCUT2D eigenvalue weighted by molar-refractivity contribution is 7.47. The number of rotatable bonds is 77. The second-order valence-corrected chi connectivity index (χ2v) is 28.7. The van der Waals surface area contributed by atoms with Crippen molar-refractivity contribution in [3.05, 3.63) is 97.2 Å². The minimum Gasteiger partial charge on any atom is -0.462 e. The molecule has 0 aliphatic carbocycles. The van der Waals surface area contributed by atoms with Crippen molar-refractivity contribution in [2.45, 2.75) is 405 Å². The summed E-state index contributed by atoms with van der Waals surface area (Å²) in [5.74, 6) is -0.809. The lowest BCUT2D eigenvalue weighted by atomic mass is 10.0. The number of phosphoric ester groups is 1. The van der Waals surface area contributed by atoms with Crippen LogP contribution in [0.25, 0.3) is 0 Å². The Hall–Kier alpha value is -3.07. The van der Waals surface area contributed by atoms with E-state index in [1.54, 1.807) is 0 Å². The molecule has 0 saturated heterocycles. The predicted molar refractivity (Wildman–Crippen MR) is 413 cm³/mol. The predicted octanol–water partition coefficient (Wildman–Crippen LogP) is 27.4. The molecule has 0 saturated carbocycles. The Labute approximate surface area is 588 Å². The molecule has 0 aromatic carbocycles. The Kier molecular flexibility index (Phi) is 77.3. The molecule has 0 aromatic rings. The first-order chi connectivity index (χ1) is 46.8. The Bertz CT molecular complexity index is 1890. The molecule has 0 heterocycles. The van der Waals surface area contributed by atoms with Crippen molar-refractivity contribution in [1.29, 1.82) is 0 Å². The van der Waals surface area contributed by atoms with E-state index in [-0.39, 0.29) is 38.6 Å². The summed E-state index contributed by atoms with van der Waals surface area (Å²) in [6, 6.07) is 0. The molecule has 0 aliphatic heterocycles. The highest BCUT2D eigenvalue weighted by atomic mass is 31.2. The van der Waals surface area contributed by atoms with Crippen molar-refractivity contribution >= 4 is 19.8 Å². The standard InChI is InChI=1S/C85H154NO8P/c1-3-5-7-9-11-13-15-17-19-21-23-25-27-29-31-33-35-37-38-39-40-41-42-43-44-46-47-49-51-53-55-57-59-61-63-65-67-69-71-73-75-77-84(87)91-81-83(82-93-95(89,90)92-80-79-86)94-85(88)78-76-74-72-70-68-66-64-62-60-58-56-54-52-50-48-45-36-34-32-30-28-26-24-22-20-18-16-14-12-10-8-6-4-2/h6,8,12,14-15,17-18,20-21,23-24,26-27,29-30,32,83H,3-5,7,9-11,13,16,19,22,25,28,31,33-82,86H2,1-2H3,(H,89,90)/b8-6-,14-12-,17-15-,20-18-,23-21-,26-24-,29-27-,32-30-. The molecule has 0 bridgehead atoms. The van der Waals surface area contributed by atoms with Crippen LogP contribution in [-0.2, 0) is 32.7 Å². The number of esters is 2. The summed E-state index contributed by atoms with van der Waals surface area (Å²) >= 11 is 0. The summed E-state index contributed by atoms with van der Waals surface area (Å²) in [6.45, 7) is 3.68. The molecule has 0 amide bonds. The smallest absolute Gasteiger partial charge is 0.462 e. The first-order valence-corrected chi connectivity index (χ1v) is 42.2. The molecule has 0 fully saturated rings. The van der Waals surface area contributed by atoms with Gasteiger partial charge in [0.05, 0.1) is 13.2 Å². The third-order valence-corrected chi connectivity index (χ3v) is 18.9. The summed E-state index contributed by atoms with van der Waals surface area (Å²) in [5, 5.41) is 0. The van der Waals surface area contributed by atoms with Crippen LogP contribution in [0.1, 0.15) is 399 Å². The zero-order valence-electron chi connectivity index (χ0n) is 62.4. The number of carbonyl (C=O) groups excluding carboxylic acids is 2. The van der Waals surface area contributed by atoms with Gasteiger partial charge in [0.15, 0.2) is 6.10 Å². The summed E-state index contributed by atoms with van der Waals surface area (Å²) < 4.78 is 33.3. The van der Waals surface area contributed by atoms with Gasteiger partial charge in [0.1, 0.15) is 6.61 Å². The molecule has 552 valence electrons. The Balaban J connectivity index is 3.76. The molecule has 0 aromatic heterocycles. The number of unbranched alkanes of at least 4 members (excludes halogenated alkanes) is 48. The number of phosphoric acid groups is 1. The average Bonchev–Trinajstić information content (AvgIpc) is 3.25. The van der Waals surface area contributed by atoms with Gasteiger partial charge < -0.3 is 20.1 Å². The van der Waals surface area contributed by atoms with Crippen LogP contribution in [0.3, 0.4) is 0 Å². The molecule has 0 aliphatic rings. The maximum Gasteiger partial charge on any atom is 0.472 e. The van der Waals surface area contributed by atoms with Gasteiger partial charge in [-0.15, -0.1) is 0 Å². The van der Waals surface area contributed by atoms with Gasteiger partial charge >= 0.3 is 19.8 Å². The van der Waals surface area contributed by atoms with Gasteiger partial charge in [0.25, 0.3) is 0 Å². The molecular formula is C85H154NO8P. The lowest BCUT2D eigenvalue weighted by molar-refractivity contribution is -0.161. The molecule has 0 spiro atoms. The Morgan fingerprint density at radius 3 is 0.863 bits per heavy atom. The van der Waals surface area contributed by atoms with E-state index in [4.69, 9.17) is 24.3 Å². The molecular weight excluding hydrogens is 1190 g/mol. The third-order valence-electron chi connectivity index (χ3n) is 18.0. The monoisotopic (exact) mass is 1350 g/mol. The molecule has 95 heavy (non-hydrogen) atoms. The summed E-state index contributed by atoms with van der Waals surface area (Å²) in [6.07, 6.45) is 110. The lowest BCUT2D eigenvalue weighted by Gasteiger charge is -2.19. The quantitative estimate of drug-likeness (QED) is 0.0264. The number of hydrogen-bond donors (Lipinski definition) is 2. The molecule has 2 unspecified atom stereocenters. The van der Waals surface area contributed by atoms with E-state index in [0.717, 1.165) is 83.5 Å². The van der Waals surface area contributed by atoms with Gasteiger partial charge in [-0.1, -0.05) is 387 Å². The van der Waals surface area contributed by atoms with E-state index in [1.807, 2.05) is 0 Å². The zero-order valence-corrected chi connectivity index (χ0v) is 63.3. The van der Waals surface area contributed by atoms with E-state index >= 15 is 0 Å². The van der Waals surface area contributed by atoms with Crippen molar-refractivity contribution in [3.63, 3.8) is 0 Å². The fraction of sp³-hybridized carbons (Fsp3) is 0.788. The average molecular weight is 1350 g/mol. The number of allylic oxidation sites excluding steroid dienone is 16. The molecule has 9 nitrogen and oxygen atoms in total. The first kappa shape index (κ1) is 91.9. The van der Waals surface area contributed by atoms with Crippen LogP contribution in [-0.4, -0.2) is 49.3 Å². The van der Waals surface area contributed by atoms with Crippen LogP contribution in [0.2, 0.25) is 0 Å². The minimum atomic E-state index is -4.40. The maximum absolute atomic E-state index is 12.8. The first-order valence-electron chi connectivity index (χ1n) is 40.7. The van der Waals surface area contributed by atoms with Crippen molar-refractivity contribution in [2.75, 3.05) is 26.4 Å². The summed E-state index contributed by atoms with van der Waals surface area (Å²) in [4.78, 5) is 35.5. The van der Waals surface area contributed by atoms with Crippen LogP contribution in [0.15, 0.2) is 97.2 Å². The van der Waals surface area contributed by atoms with Crippen LogP contribution in [0, 0.1) is 0 Å². The zero-order chi connectivity index (χ0) is 68.6. The Morgan fingerprint density at radius 1 is 0.326 bits per heavy atom. The van der Waals surface area contributed by atoms with Crippen molar-refractivity contribution in [2.24, 2.45) is 5.73 Å². The minimum absolute atomic E-state index is 0.0532. The van der Waals surface area contributed by atoms with Crippen molar-refractivity contribution in [1.82, 2.24) is 0 Å². The second kappa shape index (κ2) is 79.9. The molecule has 2 atom stereocenters. The third kappa shape index (κ3) is 79.8. The van der Waals surface area contributed by atoms with Crippen LogP contribution in [0.5, 0.6) is 0 Å². The number of carbonyl (C=O) groups is 2. The van der Waals surface area contributed by atoms with Crippen molar-refractivity contribution < 1.29 is 37.6 Å². The molecule has 0 rings (SSSR count). The topological polar surface area (TPSA) is 134 Å². The number of hydrogen-bond acceptors (Lipinski definition) is 8. The fourth-order valence-electron chi connectivity index (χ4n) is 12.0. The highest BCUT2D eigenvalue weighted by Gasteiger charge is 2.26. The van der Waals surface area contributed by atoms with E-state index in [9.17, 15) is 19.0 Å². The van der Waals surface area contributed by atoms with Gasteiger partial charge in [-0.2, -0.15) is 0 Å². The number of nitrogens with two attached hydrogens (primary N) is 1. The van der Waals surface area contributed by atoms with E-state index in [0.29, 0.717) is 6.42 Å². The van der Waals surface area contributed by atoms with Gasteiger partial charge in [-0.3, -0.25) is 18.6 Å². The van der Waals surface area contributed by atoms with Crippen LogP contribution in [0.4, 0.5) is 0 Å².